The number of hydrogen-bond acceptors (Lipinski definition) is 4. The highest BCUT2D eigenvalue weighted by Gasteiger charge is 2.15. The molecule has 2 N–H and O–H groups in total. The molecule has 0 saturated heterocycles. The third-order valence-corrected chi connectivity index (χ3v) is 2.65. The molecule has 0 unspecified atom stereocenters. The molecule has 1 amide bonds. The van der Waals surface area contributed by atoms with Crippen LogP contribution in [0.2, 0.25) is 0 Å². The first kappa shape index (κ1) is 14.4. The van der Waals surface area contributed by atoms with Crippen LogP contribution in [0.4, 0.5) is 10.1 Å². The van der Waals surface area contributed by atoms with Gasteiger partial charge in [0.05, 0.1) is 18.4 Å². The molecule has 1 heterocycles. The third-order valence-electron chi connectivity index (χ3n) is 2.65. The Morgan fingerprint density at radius 3 is 2.67 bits per heavy atom. The quantitative estimate of drug-likeness (QED) is 0.842. The predicted octanol–water partition coefficient (Wildman–Crippen LogP) is 2.18. The molecular weight excluding hydrogens is 279 g/mol. The normalized spacial score (nSPS) is 10.0. The molecule has 1 aromatic carbocycles. The van der Waals surface area contributed by atoms with E-state index in [1.165, 1.54) is 37.4 Å². The van der Waals surface area contributed by atoms with Gasteiger partial charge in [0.1, 0.15) is 11.4 Å². The van der Waals surface area contributed by atoms with Gasteiger partial charge in [0.15, 0.2) is 0 Å². The number of methoxy groups -OCH3 is 1. The summed E-state index contributed by atoms with van der Waals surface area (Å²) in [6, 6.07) is 7.88. The maximum Gasteiger partial charge on any atom is 0.337 e. The lowest BCUT2D eigenvalue weighted by Crippen LogP contribution is -2.16. The molecule has 0 aliphatic rings. The Kier molecular flexibility index (Phi) is 4.13. The molecule has 0 aliphatic heterocycles. The Hall–Kier alpha value is -2.96. The number of benzene rings is 1. The van der Waals surface area contributed by atoms with Crippen molar-refractivity contribution >= 4 is 17.6 Å². The van der Waals surface area contributed by atoms with Gasteiger partial charge in [-0.25, -0.2) is 9.78 Å². The number of pyridine rings is 1. The van der Waals surface area contributed by atoms with E-state index in [4.69, 9.17) is 9.84 Å². The van der Waals surface area contributed by atoms with Gasteiger partial charge in [0, 0.05) is 6.07 Å². The minimum Gasteiger partial charge on any atom is -0.497 e. The van der Waals surface area contributed by atoms with Crippen molar-refractivity contribution in [2.45, 2.75) is 0 Å². The summed E-state index contributed by atoms with van der Waals surface area (Å²) in [5.41, 5.74) is -0.229. The molecule has 2 aromatic rings. The summed E-state index contributed by atoms with van der Waals surface area (Å²) >= 11 is 0. The van der Waals surface area contributed by atoms with E-state index in [0.29, 0.717) is 5.75 Å². The van der Waals surface area contributed by atoms with Crippen LogP contribution in [0.5, 0.6) is 5.75 Å². The number of anilines is 1. The number of aromatic carboxylic acids is 1. The average molecular weight is 290 g/mol. The van der Waals surface area contributed by atoms with Crippen LogP contribution in [0.25, 0.3) is 0 Å². The summed E-state index contributed by atoms with van der Waals surface area (Å²) in [4.78, 5) is 26.5. The summed E-state index contributed by atoms with van der Waals surface area (Å²) in [5.74, 6) is -2.35. The molecule has 0 bridgehead atoms. The molecule has 0 saturated carbocycles. The molecule has 0 aliphatic carbocycles. The van der Waals surface area contributed by atoms with E-state index in [1.807, 2.05) is 0 Å². The van der Waals surface area contributed by atoms with Crippen molar-refractivity contribution in [3.63, 3.8) is 0 Å². The van der Waals surface area contributed by atoms with Crippen LogP contribution in [0.1, 0.15) is 20.8 Å². The first-order valence-corrected chi connectivity index (χ1v) is 5.86. The smallest absolute Gasteiger partial charge is 0.337 e. The standard InChI is InChI=1S/C14H11FN2O4/c1-21-8-5-6-9(14(19)20)11(7-8)17-13(18)10-3-2-4-12(15)16-10/h2-7H,1H3,(H,17,18)(H,19,20). The first-order valence-electron chi connectivity index (χ1n) is 5.86. The summed E-state index contributed by atoms with van der Waals surface area (Å²) < 4.78 is 18.0. The van der Waals surface area contributed by atoms with Crippen molar-refractivity contribution < 1.29 is 23.8 Å². The summed E-state index contributed by atoms with van der Waals surface area (Å²) in [7, 11) is 1.41. The lowest BCUT2D eigenvalue weighted by molar-refractivity contribution is 0.0698. The highest BCUT2D eigenvalue weighted by molar-refractivity contribution is 6.06. The fourth-order valence-electron chi connectivity index (χ4n) is 1.66. The maximum absolute atomic E-state index is 13.0. The van der Waals surface area contributed by atoms with Gasteiger partial charge in [0.25, 0.3) is 5.91 Å². The Morgan fingerprint density at radius 1 is 1.29 bits per heavy atom. The van der Waals surface area contributed by atoms with Crippen LogP contribution in [0, 0.1) is 5.95 Å². The van der Waals surface area contributed by atoms with Gasteiger partial charge in [0.2, 0.25) is 5.95 Å². The maximum atomic E-state index is 13.0. The monoisotopic (exact) mass is 290 g/mol. The van der Waals surface area contributed by atoms with Gasteiger partial charge in [-0.3, -0.25) is 4.79 Å². The van der Waals surface area contributed by atoms with Crippen molar-refractivity contribution in [3.8, 4) is 5.75 Å². The molecule has 1 aromatic heterocycles. The molecular formula is C14H11FN2O4. The molecule has 0 spiro atoms. The zero-order chi connectivity index (χ0) is 15.4. The second kappa shape index (κ2) is 6.00. The van der Waals surface area contributed by atoms with E-state index < -0.39 is 17.8 Å². The minimum atomic E-state index is -1.21. The number of carboxylic acids is 1. The van der Waals surface area contributed by atoms with E-state index in [9.17, 15) is 14.0 Å². The molecule has 2 rings (SSSR count). The number of nitrogens with one attached hydrogen (secondary N) is 1. The van der Waals surface area contributed by atoms with E-state index in [1.54, 1.807) is 0 Å². The minimum absolute atomic E-state index is 0.0397. The highest BCUT2D eigenvalue weighted by atomic mass is 19.1. The van der Waals surface area contributed by atoms with Gasteiger partial charge in [-0.05, 0) is 24.3 Å². The van der Waals surface area contributed by atoms with Crippen molar-refractivity contribution in [1.29, 1.82) is 0 Å². The molecule has 0 radical (unpaired) electrons. The number of amides is 1. The van der Waals surface area contributed by atoms with Gasteiger partial charge >= 0.3 is 5.97 Å². The molecule has 21 heavy (non-hydrogen) atoms. The molecule has 108 valence electrons. The first-order chi connectivity index (χ1) is 10.0. The lowest BCUT2D eigenvalue weighted by atomic mass is 10.1. The van der Waals surface area contributed by atoms with Crippen LogP contribution in [0.3, 0.4) is 0 Å². The second-order valence-corrected chi connectivity index (χ2v) is 4.02. The molecule has 0 fully saturated rings. The lowest BCUT2D eigenvalue weighted by Gasteiger charge is -2.10. The molecule has 7 heteroatoms. The topological polar surface area (TPSA) is 88.5 Å². The van der Waals surface area contributed by atoms with E-state index in [0.717, 1.165) is 6.07 Å². The fourth-order valence-corrected chi connectivity index (χ4v) is 1.66. The largest absolute Gasteiger partial charge is 0.497 e. The Balaban J connectivity index is 2.33. The Morgan fingerprint density at radius 2 is 2.05 bits per heavy atom. The van der Waals surface area contributed by atoms with Gasteiger partial charge < -0.3 is 15.2 Å². The van der Waals surface area contributed by atoms with Gasteiger partial charge in [-0.15, -0.1) is 0 Å². The third kappa shape index (κ3) is 3.33. The highest BCUT2D eigenvalue weighted by Crippen LogP contribution is 2.23. The number of rotatable bonds is 4. The van der Waals surface area contributed by atoms with Crippen molar-refractivity contribution in [2.24, 2.45) is 0 Å². The van der Waals surface area contributed by atoms with E-state index in [-0.39, 0.29) is 16.9 Å². The number of aromatic nitrogens is 1. The van der Waals surface area contributed by atoms with Gasteiger partial charge in [-0.2, -0.15) is 4.39 Å². The van der Waals surface area contributed by atoms with Crippen molar-refractivity contribution in [1.82, 2.24) is 4.98 Å². The predicted molar refractivity (Wildman–Crippen MR) is 72.1 cm³/mol. The molecule has 6 nitrogen and oxygen atoms in total. The Labute approximate surface area is 119 Å². The Bertz CT molecular complexity index is 703. The molecule has 0 atom stereocenters. The van der Waals surface area contributed by atoms with Crippen LogP contribution < -0.4 is 10.1 Å². The summed E-state index contributed by atoms with van der Waals surface area (Å²) in [5, 5.41) is 11.5. The van der Waals surface area contributed by atoms with Gasteiger partial charge in [-0.1, -0.05) is 6.07 Å². The average Bonchev–Trinajstić information content (AvgIpc) is 2.46. The van der Waals surface area contributed by atoms with Crippen molar-refractivity contribution in [3.05, 3.63) is 53.6 Å². The zero-order valence-electron chi connectivity index (χ0n) is 11.0. The SMILES string of the molecule is COc1ccc(C(=O)O)c(NC(=O)c2cccc(F)n2)c1. The summed E-state index contributed by atoms with van der Waals surface area (Å²) in [6.07, 6.45) is 0. The number of carbonyl (C=O) groups is 2. The van der Waals surface area contributed by atoms with Crippen LogP contribution >= 0.6 is 0 Å². The number of carbonyl (C=O) groups excluding carboxylic acids is 1. The number of halogens is 1. The van der Waals surface area contributed by atoms with E-state index in [2.05, 4.69) is 10.3 Å². The zero-order valence-corrected chi connectivity index (χ0v) is 11.0. The number of ether oxygens (including phenoxy) is 1. The number of hydrogen-bond donors (Lipinski definition) is 2. The summed E-state index contributed by atoms with van der Waals surface area (Å²) in [6.45, 7) is 0. The van der Waals surface area contributed by atoms with E-state index >= 15 is 0 Å². The second-order valence-electron chi connectivity index (χ2n) is 4.02. The van der Waals surface area contributed by atoms with Crippen molar-refractivity contribution in [2.75, 3.05) is 12.4 Å². The number of carboxylic acid groups (broad SMARTS) is 1. The van der Waals surface area contributed by atoms with Crippen LogP contribution in [-0.4, -0.2) is 29.1 Å². The fraction of sp³-hybridized carbons (Fsp3) is 0.0714. The van der Waals surface area contributed by atoms with Crippen LogP contribution in [-0.2, 0) is 0 Å². The number of nitrogens with zero attached hydrogens (tertiary/aromatic N) is 1. The van der Waals surface area contributed by atoms with Crippen LogP contribution in [0.15, 0.2) is 36.4 Å².